The normalized spacial score (nSPS) is 10.4. The van der Waals surface area contributed by atoms with Crippen LogP contribution in [0.4, 0.5) is 0 Å². The van der Waals surface area contributed by atoms with Gasteiger partial charge in [0.2, 0.25) is 0 Å². The van der Waals surface area contributed by atoms with E-state index in [1.54, 1.807) is 0 Å². The summed E-state index contributed by atoms with van der Waals surface area (Å²) < 4.78 is 5.84. The lowest BCUT2D eigenvalue weighted by Gasteiger charge is -2.10. The molecule has 0 heterocycles. The van der Waals surface area contributed by atoms with Gasteiger partial charge in [0, 0.05) is 11.6 Å². The van der Waals surface area contributed by atoms with Crippen LogP contribution in [-0.2, 0) is 6.54 Å². The summed E-state index contributed by atoms with van der Waals surface area (Å²) >= 11 is 5.99. The molecule has 0 saturated heterocycles. The molecule has 3 heteroatoms. The highest BCUT2D eigenvalue weighted by Gasteiger charge is 2.04. The Morgan fingerprint density at radius 2 is 1.83 bits per heavy atom. The minimum atomic E-state index is 0.543. The van der Waals surface area contributed by atoms with Gasteiger partial charge in [-0.1, -0.05) is 23.7 Å². The number of ether oxygens (including phenoxy) is 1. The first-order valence-corrected chi connectivity index (χ1v) is 6.21. The third-order valence-electron chi connectivity index (χ3n) is 2.83. The smallest absolute Gasteiger partial charge is 0.130 e. The Labute approximate surface area is 112 Å². The third kappa shape index (κ3) is 2.84. The number of hydrogen-bond donors (Lipinski definition) is 1. The molecule has 0 bridgehead atoms. The van der Waals surface area contributed by atoms with Crippen LogP contribution in [-0.4, -0.2) is 0 Å². The van der Waals surface area contributed by atoms with Crippen LogP contribution >= 0.6 is 11.6 Å². The Kier molecular flexibility index (Phi) is 3.90. The molecule has 2 N–H and O–H groups in total. The summed E-state index contributed by atoms with van der Waals surface area (Å²) in [4.78, 5) is 0. The maximum Gasteiger partial charge on any atom is 0.130 e. The van der Waals surface area contributed by atoms with Gasteiger partial charge in [-0.3, -0.25) is 0 Å². The second-order valence-electron chi connectivity index (χ2n) is 4.32. The zero-order chi connectivity index (χ0) is 13.1. The van der Waals surface area contributed by atoms with E-state index in [2.05, 4.69) is 0 Å². The van der Waals surface area contributed by atoms with Gasteiger partial charge in [0.05, 0.1) is 0 Å². The second kappa shape index (κ2) is 5.42. The van der Waals surface area contributed by atoms with Gasteiger partial charge in [0.1, 0.15) is 11.5 Å². The van der Waals surface area contributed by atoms with Gasteiger partial charge in [-0.25, -0.2) is 0 Å². The molecule has 94 valence electrons. The number of hydrogen-bond acceptors (Lipinski definition) is 2. The Morgan fingerprint density at radius 3 is 2.44 bits per heavy atom. The molecule has 0 radical (unpaired) electrons. The second-order valence-corrected chi connectivity index (χ2v) is 4.72. The monoisotopic (exact) mass is 261 g/mol. The van der Waals surface area contributed by atoms with Crippen molar-refractivity contribution in [2.45, 2.75) is 20.4 Å². The van der Waals surface area contributed by atoms with Gasteiger partial charge in [-0.15, -0.1) is 0 Å². The van der Waals surface area contributed by atoms with E-state index in [0.29, 0.717) is 6.54 Å². The van der Waals surface area contributed by atoms with Crippen LogP contribution in [0, 0.1) is 13.8 Å². The molecule has 0 aromatic heterocycles. The molecule has 2 rings (SSSR count). The summed E-state index contributed by atoms with van der Waals surface area (Å²) in [6.45, 7) is 4.51. The van der Waals surface area contributed by atoms with E-state index in [1.165, 1.54) is 0 Å². The zero-order valence-electron chi connectivity index (χ0n) is 10.5. The van der Waals surface area contributed by atoms with E-state index < -0.39 is 0 Å². The van der Waals surface area contributed by atoms with E-state index in [4.69, 9.17) is 22.1 Å². The average molecular weight is 262 g/mol. The summed E-state index contributed by atoms with van der Waals surface area (Å²) in [5.41, 5.74) is 8.79. The molecule has 0 aliphatic heterocycles. The summed E-state index contributed by atoms with van der Waals surface area (Å²) in [6, 6.07) is 11.6. The quantitative estimate of drug-likeness (QED) is 0.898. The van der Waals surface area contributed by atoms with E-state index >= 15 is 0 Å². The predicted molar refractivity (Wildman–Crippen MR) is 75.3 cm³/mol. The molecular formula is C15H16ClNO. The van der Waals surface area contributed by atoms with Crippen molar-refractivity contribution in [2.24, 2.45) is 5.73 Å². The first-order valence-electron chi connectivity index (χ1n) is 5.84. The number of benzene rings is 2. The van der Waals surface area contributed by atoms with Crippen molar-refractivity contribution >= 4 is 11.6 Å². The highest BCUT2D eigenvalue weighted by molar-refractivity contribution is 6.31. The van der Waals surface area contributed by atoms with Crippen molar-refractivity contribution in [1.82, 2.24) is 0 Å². The van der Waals surface area contributed by atoms with Gasteiger partial charge in [0.15, 0.2) is 0 Å². The molecule has 0 fully saturated rings. The third-order valence-corrected chi connectivity index (χ3v) is 3.26. The van der Waals surface area contributed by atoms with Crippen LogP contribution in [0.3, 0.4) is 0 Å². The predicted octanol–water partition coefficient (Wildman–Crippen LogP) is 4.21. The SMILES string of the molecule is Cc1cc(Oc2ccc(CN)cc2C)ccc1Cl. The topological polar surface area (TPSA) is 35.2 Å². The van der Waals surface area contributed by atoms with Crippen LogP contribution in [0.2, 0.25) is 5.02 Å². The van der Waals surface area contributed by atoms with Crippen molar-refractivity contribution in [1.29, 1.82) is 0 Å². The summed E-state index contributed by atoms with van der Waals surface area (Å²) in [6.07, 6.45) is 0. The minimum absolute atomic E-state index is 0.543. The van der Waals surface area contributed by atoms with Crippen molar-refractivity contribution in [3.05, 3.63) is 58.1 Å². The fraction of sp³-hybridized carbons (Fsp3) is 0.200. The largest absolute Gasteiger partial charge is 0.457 e. The first-order chi connectivity index (χ1) is 8.60. The standard InChI is InChI=1S/C15H16ClNO/c1-10-8-13(4-5-14(10)16)18-15-6-3-12(9-17)7-11(15)2/h3-8H,9,17H2,1-2H3. The van der Waals surface area contributed by atoms with E-state index in [1.807, 2.05) is 50.2 Å². The number of nitrogens with two attached hydrogens (primary N) is 1. The number of aryl methyl sites for hydroxylation is 2. The fourth-order valence-electron chi connectivity index (χ4n) is 1.76. The zero-order valence-corrected chi connectivity index (χ0v) is 11.3. The van der Waals surface area contributed by atoms with Crippen LogP contribution in [0.1, 0.15) is 16.7 Å². The van der Waals surface area contributed by atoms with Crippen LogP contribution in [0.25, 0.3) is 0 Å². The lowest BCUT2D eigenvalue weighted by Crippen LogP contribution is -1.97. The highest BCUT2D eigenvalue weighted by Crippen LogP contribution is 2.28. The molecular weight excluding hydrogens is 246 g/mol. The van der Waals surface area contributed by atoms with Gasteiger partial charge in [-0.2, -0.15) is 0 Å². The minimum Gasteiger partial charge on any atom is -0.457 e. The number of halogens is 1. The van der Waals surface area contributed by atoms with Crippen molar-refractivity contribution in [3.63, 3.8) is 0 Å². The summed E-state index contributed by atoms with van der Waals surface area (Å²) in [5.74, 6) is 1.63. The molecule has 2 aromatic rings. The molecule has 2 nitrogen and oxygen atoms in total. The van der Waals surface area contributed by atoms with Gasteiger partial charge in [-0.05, 0) is 54.8 Å². The van der Waals surface area contributed by atoms with E-state index in [0.717, 1.165) is 33.2 Å². The van der Waals surface area contributed by atoms with Gasteiger partial charge >= 0.3 is 0 Å². The maximum atomic E-state index is 5.99. The highest BCUT2D eigenvalue weighted by atomic mass is 35.5. The lowest BCUT2D eigenvalue weighted by atomic mass is 10.1. The first kappa shape index (κ1) is 12.9. The Hall–Kier alpha value is -1.51. The Bertz CT molecular complexity index is 566. The molecule has 0 amide bonds. The van der Waals surface area contributed by atoms with Crippen LogP contribution in [0.15, 0.2) is 36.4 Å². The molecule has 2 aromatic carbocycles. The van der Waals surface area contributed by atoms with E-state index in [9.17, 15) is 0 Å². The van der Waals surface area contributed by atoms with E-state index in [-0.39, 0.29) is 0 Å². The van der Waals surface area contributed by atoms with Crippen LogP contribution < -0.4 is 10.5 Å². The average Bonchev–Trinajstić information content (AvgIpc) is 2.36. The van der Waals surface area contributed by atoms with Gasteiger partial charge < -0.3 is 10.5 Å². The molecule has 0 aliphatic carbocycles. The molecule has 18 heavy (non-hydrogen) atoms. The molecule has 0 saturated carbocycles. The Morgan fingerprint density at radius 1 is 1.06 bits per heavy atom. The molecule has 0 unspecified atom stereocenters. The van der Waals surface area contributed by atoms with Gasteiger partial charge in [0.25, 0.3) is 0 Å². The van der Waals surface area contributed by atoms with Crippen LogP contribution in [0.5, 0.6) is 11.5 Å². The van der Waals surface area contributed by atoms with Crippen molar-refractivity contribution < 1.29 is 4.74 Å². The molecule has 0 atom stereocenters. The lowest BCUT2D eigenvalue weighted by molar-refractivity contribution is 0.478. The fourth-order valence-corrected chi connectivity index (χ4v) is 1.88. The number of rotatable bonds is 3. The molecule has 0 aliphatic rings. The van der Waals surface area contributed by atoms with Crippen molar-refractivity contribution in [2.75, 3.05) is 0 Å². The maximum absolute atomic E-state index is 5.99. The Balaban J connectivity index is 2.25. The summed E-state index contributed by atoms with van der Waals surface area (Å²) in [5, 5.41) is 0.748. The summed E-state index contributed by atoms with van der Waals surface area (Å²) in [7, 11) is 0. The van der Waals surface area contributed by atoms with Crippen molar-refractivity contribution in [3.8, 4) is 11.5 Å². The molecule has 0 spiro atoms.